The molecule has 0 aromatic heterocycles. The highest BCUT2D eigenvalue weighted by Gasteiger charge is 2.18. The molecule has 0 aliphatic carbocycles. The molecule has 1 aliphatic heterocycles. The summed E-state index contributed by atoms with van der Waals surface area (Å²) in [6, 6.07) is 9.44. The van der Waals surface area contributed by atoms with E-state index in [0.29, 0.717) is 12.1 Å². The summed E-state index contributed by atoms with van der Waals surface area (Å²) in [5, 5.41) is 3.36. The van der Waals surface area contributed by atoms with E-state index in [4.69, 9.17) is 4.74 Å². The Bertz CT molecular complexity index is 380. The van der Waals surface area contributed by atoms with Gasteiger partial charge in [0.05, 0.1) is 6.10 Å². The van der Waals surface area contributed by atoms with Gasteiger partial charge in [0.25, 0.3) is 0 Å². The lowest BCUT2D eigenvalue weighted by Crippen LogP contribution is -2.32. The van der Waals surface area contributed by atoms with Gasteiger partial charge in [-0.3, -0.25) is 0 Å². The zero-order valence-corrected chi connectivity index (χ0v) is 13.1. The fourth-order valence-corrected chi connectivity index (χ4v) is 2.98. The molecule has 1 heterocycles. The van der Waals surface area contributed by atoms with Crippen LogP contribution in [0.25, 0.3) is 0 Å². The van der Waals surface area contributed by atoms with Crippen LogP contribution in [0.1, 0.15) is 44.7 Å². The molecule has 3 heteroatoms. The Kier molecular flexibility index (Phi) is 5.86. The second kappa shape index (κ2) is 7.65. The topological polar surface area (TPSA) is 24.5 Å². The van der Waals surface area contributed by atoms with Crippen LogP contribution >= 0.6 is 0 Å². The molecular weight excluding hydrogens is 248 g/mol. The summed E-state index contributed by atoms with van der Waals surface area (Å²) < 4.78 is 5.75. The number of nitrogens with one attached hydrogen (secondary N) is 1. The minimum absolute atomic E-state index is 0.412. The molecule has 3 nitrogen and oxygen atoms in total. The van der Waals surface area contributed by atoms with Gasteiger partial charge in [-0.15, -0.1) is 0 Å². The molecule has 0 bridgehead atoms. The van der Waals surface area contributed by atoms with Gasteiger partial charge in [-0.1, -0.05) is 19.1 Å². The Hall–Kier alpha value is -1.06. The quantitative estimate of drug-likeness (QED) is 0.826. The molecule has 2 rings (SSSR count). The van der Waals surface area contributed by atoms with E-state index in [1.807, 2.05) is 7.05 Å². The van der Waals surface area contributed by atoms with Crippen molar-refractivity contribution >= 4 is 5.69 Å². The predicted molar refractivity (Wildman–Crippen MR) is 85.4 cm³/mol. The number of anilines is 1. The molecule has 0 amide bonds. The highest BCUT2D eigenvalue weighted by atomic mass is 16.5. The van der Waals surface area contributed by atoms with Crippen molar-refractivity contribution in [2.45, 2.75) is 45.3 Å². The van der Waals surface area contributed by atoms with Crippen LogP contribution in [0.15, 0.2) is 24.3 Å². The molecule has 112 valence electrons. The first-order chi connectivity index (χ1) is 9.78. The molecule has 2 atom stereocenters. The van der Waals surface area contributed by atoms with Gasteiger partial charge in [-0.05, 0) is 50.9 Å². The Morgan fingerprint density at radius 2 is 2.05 bits per heavy atom. The lowest BCUT2D eigenvalue weighted by atomic mass is 10.0. The second-order valence-electron chi connectivity index (χ2n) is 5.51. The van der Waals surface area contributed by atoms with Crippen molar-refractivity contribution in [3.63, 3.8) is 0 Å². The van der Waals surface area contributed by atoms with Crippen molar-refractivity contribution in [1.29, 1.82) is 0 Å². The van der Waals surface area contributed by atoms with Gasteiger partial charge in [0.2, 0.25) is 0 Å². The van der Waals surface area contributed by atoms with Crippen LogP contribution in [0.2, 0.25) is 0 Å². The van der Waals surface area contributed by atoms with Gasteiger partial charge < -0.3 is 15.0 Å². The molecular formula is C17H28N2O. The van der Waals surface area contributed by atoms with Crippen LogP contribution in [-0.2, 0) is 4.74 Å². The average molecular weight is 276 g/mol. The van der Waals surface area contributed by atoms with E-state index in [-0.39, 0.29) is 0 Å². The zero-order chi connectivity index (χ0) is 14.4. The summed E-state index contributed by atoms with van der Waals surface area (Å²) in [4.78, 5) is 2.42. The summed E-state index contributed by atoms with van der Waals surface area (Å²) in [7, 11) is 2.03. The third-order valence-corrected chi connectivity index (χ3v) is 4.25. The van der Waals surface area contributed by atoms with Crippen molar-refractivity contribution in [2.75, 3.05) is 31.6 Å². The van der Waals surface area contributed by atoms with E-state index in [1.165, 1.54) is 24.1 Å². The molecule has 0 spiro atoms. The standard InChI is InChI=1S/C17H28N2O/c1-4-17(18-3)14-8-10-15(11-9-14)19(5-2)13-16-7-6-12-20-16/h8-11,16-18H,4-7,12-13H2,1-3H3. The van der Waals surface area contributed by atoms with Crippen LogP contribution in [0.5, 0.6) is 0 Å². The van der Waals surface area contributed by atoms with E-state index in [2.05, 4.69) is 48.3 Å². The highest BCUT2D eigenvalue weighted by Crippen LogP contribution is 2.22. The maximum absolute atomic E-state index is 5.75. The maximum Gasteiger partial charge on any atom is 0.0750 e. The lowest BCUT2D eigenvalue weighted by Gasteiger charge is -2.26. The maximum atomic E-state index is 5.75. The van der Waals surface area contributed by atoms with Gasteiger partial charge in [0, 0.05) is 31.4 Å². The number of ether oxygens (including phenoxy) is 1. The molecule has 20 heavy (non-hydrogen) atoms. The van der Waals surface area contributed by atoms with Gasteiger partial charge in [0.1, 0.15) is 0 Å². The minimum atomic E-state index is 0.412. The highest BCUT2D eigenvalue weighted by molar-refractivity contribution is 5.48. The third kappa shape index (κ3) is 3.74. The molecule has 2 unspecified atom stereocenters. The number of hydrogen-bond donors (Lipinski definition) is 1. The van der Waals surface area contributed by atoms with E-state index < -0.39 is 0 Å². The Balaban J connectivity index is 2.02. The molecule has 1 fully saturated rings. The van der Waals surface area contributed by atoms with Crippen molar-refractivity contribution in [3.8, 4) is 0 Å². The minimum Gasteiger partial charge on any atom is -0.376 e. The SMILES string of the molecule is CCC(NC)c1ccc(N(CC)CC2CCCO2)cc1. The first-order valence-electron chi connectivity index (χ1n) is 7.92. The Morgan fingerprint density at radius 1 is 1.30 bits per heavy atom. The van der Waals surface area contributed by atoms with Crippen LogP contribution in [0.4, 0.5) is 5.69 Å². The summed E-state index contributed by atoms with van der Waals surface area (Å²) in [5.74, 6) is 0. The summed E-state index contributed by atoms with van der Waals surface area (Å²) in [6.07, 6.45) is 3.94. The molecule has 1 N–H and O–H groups in total. The van der Waals surface area contributed by atoms with E-state index in [0.717, 1.165) is 26.1 Å². The van der Waals surface area contributed by atoms with E-state index >= 15 is 0 Å². The largest absolute Gasteiger partial charge is 0.376 e. The summed E-state index contributed by atoms with van der Waals surface area (Å²) in [6.45, 7) is 7.40. The van der Waals surface area contributed by atoms with Gasteiger partial charge in [-0.25, -0.2) is 0 Å². The molecule has 1 aliphatic rings. The van der Waals surface area contributed by atoms with Crippen LogP contribution in [-0.4, -0.2) is 32.8 Å². The number of hydrogen-bond acceptors (Lipinski definition) is 3. The van der Waals surface area contributed by atoms with Crippen LogP contribution < -0.4 is 10.2 Å². The fourth-order valence-electron chi connectivity index (χ4n) is 2.98. The molecule has 1 aromatic carbocycles. The number of rotatable bonds is 7. The number of likely N-dealkylation sites (N-methyl/N-ethyl adjacent to an activating group) is 1. The van der Waals surface area contributed by atoms with E-state index in [9.17, 15) is 0 Å². The van der Waals surface area contributed by atoms with Gasteiger partial charge >= 0.3 is 0 Å². The van der Waals surface area contributed by atoms with Crippen molar-refractivity contribution in [1.82, 2.24) is 5.32 Å². The Labute approximate surface area is 123 Å². The van der Waals surface area contributed by atoms with E-state index in [1.54, 1.807) is 0 Å². The second-order valence-corrected chi connectivity index (χ2v) is 5.51. The molecule has 0 radical (unpaired) electrons. The average Bonchev–Trinajstić information content (AvgIpc) is 3.00. The third-order valence-electron chi connectivity index (χ3n) is 4.25. The first kappa shape index (κ1) is 15.3. The number of benzene rings is 1. The first-order valence-corrected chi connectivity index (χ1v) is 7.92. The summed E-state index contributed by atoms with van der Waals surface area (Å²) in [5.41, 5.74) is 2.67. The lowest BCUT2D eigenvalue weighted by molar-refractivity contribution is 0.115. The Morgan fingerprint density at radius 3 is 2.55 bits per heavy atom. The fraction of sp³-hybridized carbons (Fsp3) is 0.647. The predicted octanol–water partition coefficient (Wildman–Crippen LogP) is 3.36. The van der Waals surface area contributed by atoms with Crippen molar-refractivity contribution in [3.05, 3.63) is 29.8 Å². The van der Waals surface area contributed by atoms with Crippen molar-refractivity contribution < 1.29 is 4.74 Å². The molecule has 1 aromatic rings. The zero-order valence-electron chi connectivity index (χ0n) is 13.1. The van der Waals surface area contributed by atoms with Crippen LogP contribution in [0, 0.1) is 0 Å². The smallest absolute Gasteiger partial charge is 0.0750 e. The van der Waals surface area contributed by atoms with Gasteiger partial charge in [-0.2, -0.15) is 0 Å². The normalized spacial score (nSPS) is 20.1. The molecule has 0 saturated carbocycles. The monoisotopic (exact) mass is 276 g/mol. The van der Waals surface area contributed by atoms with Crippen LogP contribution in [0.3, 0.4) is 0 Å². The molecule has 1 saturated heterocycles. The van der Waals surface area contributed by atoms with Crippen molar-refractivity contribution in [2.24, 2.45) is 0 Å². The number of nitrogens with zero attached hydrogens (tertiary/aromatic N) is 1. The summed E-state index contributed by atoms with van der Waals surface area (Å²) >= 11 is 0. The van der Waals surface area contributed by atoms with Gasteiger partial charge in [0.15, 0.2) is 0 Å².